The van der Waals surface area contributed by atoms with Crippen LogP contribution in [-0.2, 0) is 21.5 Å². The number of ether oxygens (including phenoxy) is 3. The van der Waals surface area contributed by atoms with Crippen molar-refractivity contribution in [3.63, 3.8) is 0 Å². The average Bonchev–Trinajstić information content (AvgIpc) is 2.94. The average molecular weight is 374 g/mol. The third-order valence-electron chi connectivity index (χ3n) is 6.22. The summed E-state index contributed by atoms with van der Waals surface area (Å²) in [5, 5.41) is 10.1. The highest BCUT2D eigenvalue weighted by Crippen LogP contribution is 2.56. The van der Waals surface area contributed by atoms with Crippen molar-refractivity contribution in [3.05, 3.63) is 35.4 Å². The molecule has 6 heteroatoms. The molecule has 1 aliphatic carbocycles. The van der Waals surface area contributed by atoms with Gasteiger partial charge in [-0.05, 0) is 25.0 Å². The zero-order chi connectivity index (χ0) is 19.2. The Bertz CT molecular complexity index is 791. The van der Waals surface area contributed by atoms with Crippen LogP contribution in [0.3, 0.4) is 0 Å². The van der Waals surface area contributed by atoms with Gasteiger partial charge >= 0.3 is 5.97 Å². The van der Waals surface area contributed by atoms with Crippen molar-refractivity contribution >= 4 is 5.97 Å². The van der Waals surface area contributed by atoms with Crippen LogP contribution in [0.25, 0.3) is 0 Å². The Hall–Kier alpha value is -2.05. The molecule has 2 aliphatic heterocycles. The smallest absolute Gasteiger partial charge is 0.306 e. The Labute approximate surface area is 159 Å². The SMILES string of the molecule is COc1ccc2c3c1OC1CC(O)C=CC31CCC[N+](C)(COC(C)=O)C2. The van der Waals surface area contributed by atoms with Crippen LogP contribution in [-0.4, -0.2) is 55.2 Å². The maximum atomic E-state index is 11.3. The number of aliphatic hydroxyl groups excluding tert-OH is 1. The molecule has 3 aliphatic rings. The highest BCUT2D eigenvalue weighted by atomic mass is 16.5. The number of rotatable bonds is 3. The summed E-state index contributed by atoms with van der Waals surface area (Å²) in [7, 11) is 3.79. The summed E-state index contributed by atoms with van der Waals surface area (Å²) in [6.07, 6.45) is 6.02. The van der Waals surface area contributed by atoms with Crippen LogP contribution in [0, 0.1) is 0 Å². The topological polar surface area (TPSA) is 65.0 Å². The van der Waals surface area contributed by atoms with Crippen molar-refractivity contribution in [2.45, 2.75) is 50.4 Å². The molecule has 4 unspecified atom stereocenters. The fraction of sp³-hybridized carbons (Fsp3) is 0.571. The third kappa shape index (κ3) is 3.01. The van der Waals surface area contributed by atoms with Crippen LogP contribution >= 0.6 is 0 Å². The van der Waals surface area contributed by atoms with E-state index in [1.165, 1.54) is 18.1 Å². The minimum Gasteiger partial charge on any atom is -0.493 e. The largest absolute Gasteiger partial charge is 0.493 e. The van der Waals surface area contributed by atoms with Crippen molar-refractivity contribution in [1.82, 2.24) is 0 Å². The number of nitrogens with zero attached hydrogens (tertiary/aromatic N) is 1. The molecule has 0 bridgehead atoms. The number of hydrogen-bond acceptors (Lipinski definition) is 5. The number of quaternary nitrogens is 1. The summed E-state index contributed by atoms with van der Waals surface area (Å²) in [6.45, 7) is 3.49. The van der Waals surface area contributed by atoms with Gasteiger partial charge in [0, 0.05) is 24.5 Å². The van der Waals surface area contributed by atoms with Gasteiger partial charge in [-0.25, -0.2) is 0 Å². The second-order valence-corrected chi connectivity index (χ2v) is 8.31. The van der Waals surface area contributed by atoms with Crippen molar-refractivity contribution in [2.24, 2.45) is 0 Å². The van der Waals surface area contributed by atoms with E-state index in [-0.39, 0.29) is 17.5 Å². The first kappa shape index (κ1) is 18.3. The van der Waals surface area contributed by atoms with Crippen LogP contribution in [0.15, 0.2) is 24.3 Å². The molecule has 1 aromatic rings. The molecule has 4 rings (SSSR count). The summed E-state index contributed by atoms with van der Waals surface area (Å²) in [5.74, 6) is 1.29. The van der Waals surface area contributed by atoms with Crippen molar-refractivity contribution in [3.8, 4) is 11.5 Å². The van der Waals surface area contributed by atoms with E-state index < -0.39 is 6.10 Å². The van der Waals surface area contributed by atoms with Gasteiger partial charge in [0.15, 0.2) is 11.5 Å². The number of carbonyl (C=O) groups is 1. The Morgan fingerprint density at radius 3 is 3.00 bits per heavy atom. The summed E-state index contributed by atoms with van der Waals surface area (Å²) >= 11 is 0. The van der Waals surface area contributed by atoms with E-state index in [2.05, 4.69) is 19.2 Å². The van der Waals surface area contributed by atoms with Gasteiger partial charge in [0.2, 0.25) is 6.73 Å². The maximum Gasteiger partial charge on any atom is 0.306 e. The van der Waals surface area contributed by atoms with Gasteiger partial charge < -0.3 is 19.3 Å². The predicted octanol–water partition coefficient (Wildman–Crippen LogP) is 2.28. The standard InChI is InChI=1S/C21H28NO5/c1-14(23)26-13-22(2)10-4-8-21-9-7-16(24)11-18(21)27-20-17(25-3)6-5-15(12-22)19(20)21/h5-7,9,16,18,24H,4,8,10-13H2,1-3H3/q+1. The molecule has 1 spiro atoms. The first-order valence-corrected chi connectivity index (χ1v) is 9.58. The first-order chi connectivity index (χ1) is 12.9. The summed E-state index contributed by atoms with van der Waals surface area (Å²) in [5.41, 5.74) is 2.16. The molecule has 2 heterocycles. The van der Waals surface area contributed by atoms with Crippen LogP contribution < -0.4 is 9.47 Å². The molecule has 1 N–H and O–H groups in total. The molecule has 6 nitrogen and oxygen atoms in total. The number of hydrogen-bond donors (Lipinski definition) is 1. The van der Waals surface area contributed by atoms with Gasteiger partial charge in [0.1, 0.15) is 12.6 Å². The van der Waals surface area contributed by atoms with E-state index in [1.54, 1.807) is 7.11 Å². The second-order valence-electron chi connectivity index (χ2n) is 8.31. The fourth-order valence-electron chi connectivity index (χ4n) is 4.93. The Kier molecular flexibility index (Phi) is 4.43. The van der Waals surface area contributed by atoms with Gasteiger partial charge in [0.25, 0.3) is 0 Å². The number of aliphatic hydroxyl groups is 1. The lowest BCUT2D eigenvalue weighted by atomic mass is 9.67. The van der Waals surface area contributed by atoms with Crippen molar-refractivity contribution < 1.29 is 28.6 Å². The number of esters is 1. The van der Waals surface area contributed by atoms with Crippen LogP contribution in [0.2, 0.25) is 0 Å². The molecular weight excluding hydrogens is 346 g/mol. The highest BCUT2D eigenvalue weighted by Gasteiger charge is 2.53. The van der Waals surface area contributed by atoms with Gasteiger partial charge in [-0.1, -0.05) is 12.2 Å². The lowest BCUT2D eigenvalue weighted by molar-refractivity contribution is -0.938. The molecular formula is C21H28NO5+. The van der Waals surface area contributed by atoms with Crippen LogP contribution in [0.4, 0.5) is 0 Å². The highest BCUT2D eigenvalue weighted by molar-refractivity contribution is 5.65. The Morgan fingerprint density at radius 2 is 2.26 bits per heavy atom. The van der Waals surface area contributed by atoms with E-state index >= 15 is 0 Å². The third-order valence-corrected chi connectivity index (χ3v) is 6.22. The van der Waals surface area contributed by atoms with E-state index in [0.29, 0.717) is 17.6 Å². The summed E-state index contributed by atoms with van der Waals surface area (Å²) in [4.78, 5) is 11.3. The predicted molar refractivity (Wildman–Crippen MR) is 99.5 cm³/mol. The van der Waals surface area contributed by atoms with Crippen LogP contribution in [0.5, 0.6) is 11.5 Å². The minimum atomic E-state index is -0.472. The van der Waals surface area contributed by atoms with Crippen molar-refractivity contribution in [2.75, 3.05) is 27.4 Å². The van der Waals surface area contributed by atoms with Gasteiger partial charge in [0.05, 0.1) is 32.2 Å². The lowest BCUT2D eigenvalue weighted by Crippen LogP contribution is -2.50. The Morgan fingerprint density at radius 1 is 1.44 bits per heavy atom. The number of benzene rings is 1. The zero-order valence-electron chi connectivity index (χ0n) is 16.2. The minimum absolute atomic E-state index is 0.0760. The van der Waals surface area contributed by atoms with Crippen molar-refractivity contribution in [1.29, 1.82) is 0 Å². The molecule has 1 aromatic carbocycles. The molecule has 0 saturated carbocycles. The maximum absolute atomic E-state index is 11.3. The van der Waals surface area contributed by atoms with Gasteiger partial charge in [-0.2, -0.15) is 0 Å². The number of carbonyl (C=O) groups excluding carboxylic acids is 1. The molecule has 0 saturated heterocycles. The first-order valence-electron chi connectivity index (χ1n) is 9.58. The molecule has 27 heavy (non-hydrogen) atoms. The molecule has 146 valence electrons. The second kappa shape index (κ2) is 6.53. The fourth-order valence-corrected chi connectivity index (χ4v) is 4.93. The monoisotopic (exact) mass is 374 g/mol. The summed E-state index contributed by atoms with van der Waals surface area (Å²) in [6, 6.07) is 4.07. The van der Waals surface area contributed by atoms with E-state index in [1.807, 2.05) is 12.1 Å². The molecule has 0 fully saturated rings. The van der Waals surface area contributed by atoms with Gasteiger partial charge in [-0.15, -0.1) is 0 Å². The van der Waals surface area contributed by atoms with E-state index in [9.17, 15) is 9.90 Å². The van der Waals surface area contributed by atoms with Crippen LogP contribution in [0.1, 0.15) is 37.3 Å². The quantitative estimate of drug-likeness (QED) is 0.500. The Balaban J connectivity index is 1.80. The molecule has 4 atom stereocenters. The molecule has 0 aromatic heterocycles. The van der Waals surface area contributed by atoms with E-state index in [0.717, 1.165) is 37.4 Å². The molecule has 0 radical (unpaired) electrons. The molecule has 0 amide bonds. The van der Waals surface area contributed by atoms with E-state index in [4.69, 9.17) is 14.2 Å². The number of methoxy groups -OCH3 is 1. The normalized spacial score (nSPS) is 33.9. The summed E-state index contributed by atoms with van der Waals surface area (Å²) < 4.78 is 17.9. The zero-order valence-corrected chi connectivity index (χ0v) is 16.2. The van der Waals surface area contributed by atoms with Gasteiger partial charge in [-0.3, -0.25) is 9.28 Å². The lowest BCUT2D eigenvalue weighted by Gasteiger charge is -2.41.